The zero-order valence-corrected chi connectivity index (χ0v) is 13.6. The molecule has 20 heavy (non-hydrogen) atoms. The number of hydrogen-bond acceptors (Lipinski definition) is 3. The third kappa shape index (κ3) is 3.94. The molecule has 0 radical (unpaired) electrons. The molecular weight excluding hydrogens is 282 g/mol. The molecule has 0 spiro atoms. The molecule has 0 aliphatic heterocycles. The van der Waals surface area contributed by atoms with Crippen LogP contribution in [0.25, 0.3) is 10.4 Å². The van der Waals surface area contributed by atoms with Gasteiger partial charge < -0.3 is 5.32 Å². The normalized spacial score (nSPS) is 16.6. The Bertz CT molecular complexity index is 495. The summed E-state index contributed by atoms with van der Waals surface area (Å²) in [6.45, 7) is 2.21. The lowest BCUT2D eigenvalue weighted by atomic mass is 9.87. The summed E-state index contributed by atoms with van der Waals surface area (Å²) in [6.07, 6.45) is 8.67. The molecule has 1 nitrogen and oxygen atoms in total. The van der Waals surface area contributed by atoms with Crippen LogP contribution in [0.4, 0.5) is 0 Å². The van der Waals surface area contributed by atoms with Crippen molar-refractivity contribution in [3.63, 3.8) is 0 Å². The third-order valence-electron chi connectivity index (χ3n) is 4.21. The second kappa shape index (κ2) is 7.39. The van der Waals surface area contributed by atoms with Crippen molar-refractivity contribution in [1.82, 2.24) is 5.32 Å². The lowest BCUT2D eigenvalue weighted by Gasteiger charge is -2.21. The van der Waals surface area contributed by atoms with E-state index >= 15 is 0 Å². The molecule has 0 amide bonds. The first kappa shape index (κ1) is 14.3. The quantitative estimate of drug-likeness (QED) is 0.691. The van der Waals surface area contributed by atoms with Crippen LogP contribution in [0.3, 0.4) is 0 Å². The SMILES string of the molecule is c1csc(-c2csc(CNCCC3CCCCC3)c2)c1. The molecule has 1 aliphatic rings. The molecule has 2 aromatic rings. The first-order chi connectivity index (χ1) is 9.92. The Balaban J connectivity index is 1.40. The van der Waals surface area contributed by atoms with Gasteiger partial charge in [0.2, 0.25) is 0 Å². The zero-order valence-electron chi connectivity index (χ0n) is 11.9. The van der Waals surface area contributed by atoms with Crippen molar-refractivity contribution in [3.8, 4) is 10.4 Å². The topological polar surface area (TPSA) is 12.0 Å². The van der Waals surface area contributed by atoms with Gasteiger partial charge in [-0.2, -0.15) is 0 Å². The molecule has 2 aromatic heterocycles. The summed E-state index contributed by atoms with van der Waals surface area (Å²) in [7, 11) is 0. The molecule has 0 unspecified atom stereocenters. The standard InChI is InChI=1S/C17H23NS2/c1-2-5-14(6-3-1)8-9-18-12-16-11-15(13-20-16)17-7-4-10-19-17/h4,7,10-11,13-14,18H,1-3,5-6,8-9,12H2. The molecule has 1 saturated carbocycles. The molecule has 1 N–H and O–H groups in total. The molecule has 0 aromatic carbocycles. The highest BCUT2D eigenvalue weighted by atomic mass is 32.1. The fourth-order valence-electron chi connectivity index (χ4n) is 3.04. The summed E-state index contributed by atoms with van der Waals surface area (Å²) in [6, 6.07) is 6.66. The Morgan fingerprint density at radius 3 is 2.85 bits per heavy atom. The third-order valence-corrected chi connectivity index (χ3v) is 6.07. The summed E-state index contributed by atoms with van der Waals surface area (Å²) < 4.78 is 0. The van der Waals surface area contributed by atoms with Crippen molar-refractivity contribution in [1.29, 1.82) is 0 Å². The summed E-state index contributed by atoms with van der Waals surface area (Å²) in [4.78, 5) is 2.84. The Morgan fingerprint density at radius 2 is 2.05 bits per heavy atom. The van der Waals surface area contributed by atoms with Crippen molar-refractivity contribution in [2.45, 2.75) is 45.1 Å². The van der Waals surface area contributed by atoms with Crippen molar-refractivity contribution in [2.75, 3.05) is 6.54 Å². The van der Waals surface area contributed by atoms with Crippen LogP contribution in [0.15, 0.2) is 29.0 Å². The molecule has 3 heteroatoms. The minimum Gasteiger partial charge on any atom is -0.312 e. The van der Waals surface area contributed by atoms with Gasteiger partial charge in [0.25, 0.3) is 0 Å². The second-order valence-electron chi connectivity index (χ2n) is 5.75. The maximum absolute atomic E-state index is 3.62. The molecule has 0 saturated heterocycles. The van der Waals surface area contributed by atoms with Gasteiger partial charge in [0.15, 0.2) is 0 Å². The van der Waals surface area contributed by atoms with Gasteiger partial charge in [0.1, 0.15) is 0 Å². The minimum atomic E-state index is 0.987. The Labute approximate surface area is 130 Å². The first-order valence-corrected chi connectivity index (χ1v) is 9.50. The Morgan fingerprint density at radius 1 is 1.15 bits per heavy atom. The van der Waals surface area contributed by atoms with Gasteiger partial charge in [-0.05, 0) is 41.8 Å². The number of nitrogens with one attached hydrogen (secondary N) is 1. The maximum Gasteiger partial charge on any atom is 0.0351 e. The van der Waals surface area contributed by atoms with Crippen LogP contribution in [0.1, 0.15) is 43.4 Å². The highest BCUT2D eigenvalue weighted by Gasteiger charge is 2.12. The first-order valence-electron chi connectivity index (χ1n) is 7.74. The fourth-order valence-corrected chi connectivity index (χ4v) is 4.68. The molecule has 3 rings (SSSR count). The van der Waals surface area contributed by atoms with E-state index in [1.54, 1.807) is 0 Å². The Hall–Kier alpha value is -0.640. The van der Waals surface area contributed by atoms with E-state index in [9.17, 15) is 0 Å². The van der Waals surface area contributed by atoms with E-state index < -0.39 is 0 Å². The summed E-state index contributed by atoms with van der Waals surface area (Å²) >= 11 is 3.70. The highest BCUT2D eigenvalue weighted by Crippen LogP contribution is 2.29. The number of thiophene rings is 2. The number of hydrogen-bond donors (Lipinski definition) is 1. The van der Waals surface area contributed by atoms with Crippen LogP contribution in [0.2, 0.25) is 0 Å². The Kier molecular flexibility index (Phi) is 5.29. The van der Waals surface area contributed by atoms with Gasteiger partial charge in [-0.25, -0.2) is 0 Å². The van der Waals surface area contributed by atoms with Gasteiger partial charge in [-0.3, -0.25) is 0 Å². The zero-order chi connectivity index (χ0) is 13.6. The predicted octanol–water partition coefficient (Wildman–Crippen LogP) is 5.54. The second-order valence-corrected chi connectivity index (χ2v) is 7.69. The molecule has 2 heterocycles. The smallest absolute Gasteiger partial charge is 0.0351 e. The van der Waals surface area contributed by atoms with Gasteiger partial charge in [0, 0.05) is 21.9 Å². The van der Waals surface area contributed by atoms with Crippen LogP contribution in [-0.2, 0) is 6.54 Å². The van der Waals surface area contributed by atoms with Crippen LogP contribution >= 0.6 is 22.7 Å². The highest BCUT2D eigenvalue weighted by molar-refractivity contribution is 7.14. The van der Waals surface area contributed by atoms with Crippen LogP contribution in [0.5, 0.6) is 0 Å². The van der Waals surface area contributed by atoms with Gasteiger partial charge in [-0.1, -0.05) is 38.2 Å². The molecule has 108 valence electrons. The summed E-state index contributed by atoms with van der Waals surface area (Å²) in [5.74, 6) is 0.987. The van der Waals surface area contributed by atoms with E-state index in [-0.39, 0.29) is 0 Å². The van der Waals surface area contributed by atoms with Crippen LogP contribution in [0, 0.1) is 5.92 Å². The van der Waals surface area contributed by atoms with E-state index in [2.05, 4.69) is 34.3 Å². The van der Waals surface area contributed by atoms with Crippen molar-refractivity contribution in [3.05, 3.63) is 33.8 Å². The van der Waals surface area contributed by atoms with Gasteiger partial charge >= 0.3 is 0 Å². The molecule has 0 atom stereocenters. The van der Waals surface area contributed by atoms with Crippen molar-refractivity contribution in [2.24, 2.45) is 5.92 Å². The molecule has 1 fully saturated rings. The largest absolute Gasteiger partial charge is 0.312 e. The minimum absolute atomic E-state index is 0.987. The van der Waals surface area contributed by atoms with E-state index in [1.165, 1.54) is 60.4 Å². The van der Waals surface area contributed by atoms with E-state index in [1.807, 2.05) is 22.7 Å². The van der Waals surface area contributed by atoms with Crippen molar-refractivity contribution < 1.29 is 0 Å². The monoisotopic (exact) mass is 305 g/mol. The predicted molar refractivity (Wildman–Crippen MR) is 90.5 cm³/mol. The molecule has 0 bridgehead atoms. The van der Waals surface area contributed by atoms with Gasteiger partial charge in [-0.15, -0.1) is 22.7 Å². The van der Waals surface area contributed by atoms with E-state index in [4.69, 9.17) is 0 Å². The van der Waals surface area contributed by atoms with Crippen LogP contribution < -0.4 is 5.32 Å². The van der Waals surface area contributed by atoms with Crippen LogP contribution in [-0.4, -0.2) is 6.54 Å². The average Bonchev–Trinajstić information content (AvgIpc) is 3.15. The van der Waals surface area contributed by atoms with Crippen molar-refractivity contribution >= 4 is 22.7 Å². The maximum atomic E-state index is 3.62. The van der Waals surface area contributed by atoms with E-state index in [0.717, 1.165) is 12.5 Å². The fraction of sp³-hybridized carbons (Fsp3) is 0.529. The van der Waals surface area contributed by atoms with Gasteiger partial charge in [0.05, 0.1) is 0 Å². The lowest BCUT2D eigenvalue weighted by molar-refractivity contribution is 0.334. The van der Waals surface area contributed by atoms with E-state index in [0.29, 0.717) is 0 Å². The summed E-state index contributed by atoms with van der Waals surface area (Å²) in [5.41, 5.74) is 1.38. The average molecular weight is 306 g/mol. The lowest BCUT2D eigenvalue weighted by Crippen LogP contribution is -2.18. The molecular formula is C17H23NS2. The summed E-state index contributed by atoms with van der Waals surface area (Å²) in [5, 5.41) is 8.05. The number of rotatable bonds is 6. The molecule has 1 aliphatic carbocycles.